The van der Waals surface area contributed by atoms with Crippen LogP contribution in [0, 0.1) is 6.92 Å². The minimum Gasteiger partial charge on any atom is -0.423 e. The summed E-state index contributed by atoms with van der Waals surface area (Å²) in [4.78, 5) is 23.4. The van der Waals surface area contributed by atoms with Gasteiger partial charge < -0.3 is 9.15 Å². The molecule has 0 saturated carbocycles. The molecule has 0 N–H and O–H groups in total. The lowest BCUT2D eigenvalue weighted by atomic mass is 10.1. The van der Waals surface area contributed by atoms with Gasteiger partial charge in [0.25, 0.3) is 0 Å². The summed E-state index contributed by atoms with van der Waals surface area (Å²) in [5.74, 6) is -0.700. The van der Waals surface area contributed by atoms with E-state index in [4.69, 9.17) is 9.15 Å². The first-order valence-corrected chi connectivity index (χ1v) is 7.18. The number of carbonyl (C=O) groups is 1. The summed E-state index contributed by atoms with van der Waals surface area (Å²) >= 11 is 0. The minimum atomic E-state index is -4.70. The Labute approximate surface area is 139 Å². The predicted molar refractivity (Wildman–Crippen MR) is 83.6 cm³/mol. The van der Waals surface area contributed by atoms with Crippen molar-refractivity contribution in [2.45, 2.75) is 13.1 Å². The quantitative estimate of drug-likeness (QED) is 0.393. The topological polar surface area (TPSA) is 56.5 Å². The molecule has 0 bridgehead atoms. The standard InChI is InChI=1S/C18H11F3O4/c1-10-2-4-11(5-3-10)17(23)24-12-6-7-13-14(18(19,20)21)9-16(22)25-15(13)8-12/h2-9H,1H3. The molecule has 0 unspecified atom stereocenters. The molecule has 25 heavy (non-hydrogen) atoms. The molecule has 7 heteroatoms. The van der Waals surface area contributed by atoms with Crippen molar-refractivity contribution in [2.24, 2.45) is 0 Å². The zero-order valence-corrected chi connectivity index (χ0v) is 12.9. The zero-order chi connectivity index (χ0) is 18.2. The summed E-state index contributed by atoms with van der Waals surface area (Å²) in [6.07, 6.45) is -4.70. The van der Waals surface area contributed by atoms with Gasteiger partial charge in [-0.3, -0.25) is 0 Å². The fourth-order valence-corrected chi connectivity index (χ4v) is 2.30. The van der Waals surface area contributed by atoms with Crippen molar-refractivity contribution >= 4 is 16.9 Å². The van der Waals surface area contributed by atoms with Gasteiger partial charge >= 0.3 is 17.8 Å². The Morgan fingerprint density at radius 2 is 1.72 bits per heavy atom. The number of esters is 1. The van der Waals surface area contributed by atoms with Crippen molar-refractivity contribution in [2.75, 3.05) is 0 Å². The van der Waals surface area contributed by atoms with Gasteiger partial charge in [-0.15, -0.1) is 0 Å². The van der Waals surface area contributed by atoms with Crippen LogP contribution in [0.1, 0.15) is 21.5 Å². The van der Waals surface area contributed by atoms with Gasteiger partial charge in [0, 0.05) is 17.5 Å². The lowest BCUT2D eigenvalue weighted by Crippen LogP contribution is -2.11. The predicted octanol–water partition coefficient (Wildman–Crippen LogP) is 4.34. The first-order chi connectivity index (χ1) is 11.7. The number of halogens is 3. The molecule has 3 rings (SSSR count). The number of hydrogen-bond acceptors (Lipinski definition) is 4. The molecule has 0 spiro atoms. The van der Waals surface area contributed by atoms with Crippen LogP contribution in [0.2, 0.25) is 0 Å². The molecule has 2 aromatic carbocycles. The minimum absolute atomic E-state index is 0.0273. The number of alkyl halides is 3. The van der Waals surface area contributed by atoms with Crippen molar-refractivity contribution in [1.82, 2.24) is 0 Å². The Bertz CT molecular complexity index is 1000. The van der Waals surface area contributed by atoms with E-state index in [0.29, 0.717) is 6.07 Å². The molecule has 4 nitrogen and oxygen atoms in total. The van der Waals surface area contributed by atoms with E-state index in [1.54, 1.807) is 24.3 Å². The molecular weight excluding hydrogens is 337 g/mol. The molecule has 0 radical (unpaired) electrons. The smallest absolute Gasteiger partial charge is 0.417 e. The maximum absolute atomic E-state index is 13.0. The number of aryl methyl sites for hydroxylation is 1. The van der Waals surface area contributed by atoms with Crippen LogP contribution < -0.4 is 10.4 Å². The zero-order valence-electron chi connectivity index (χ0n) is 12.9. The molecule has 0 aliphatic heterocycles. The van der Waals surface area contributed by atoms with Crippen LogP contribution in [-0.2, 0) is 6.18 Å². The molecule has 0 aliphatic carbocycles. The van der Waals surface area contributed by atoms with Crippen LogP contribution in [0.4, 0.5) is 13.2 Å². The average molecular weight is 348 g/mol. The average Bonchev–Trinajstić information content (AvgIpc) is 2.53. The third kappa shape index (κ3) is 3.55. The van der Waals surface area contributed by atoms with E-state index in [1.165, 1.54) is 6.07 Å². The van der Waals surface area contributed by atoms with E-state index in [0.717, 1.165) is 17.7 Å². The highest BCUT2D eigenvalue weighted by Gasteiger charge is 2.33. The van der Waals surface area contributed by atoms with Crippen molar-refractivity contribution < 1.29 is 27.1 Å². The monoisotopic (exact) mass is 348 g/mol. The van der Waals surface area contributed by atoms with Crippen LogP contribution in [0.5, 0.6) is 5.75 Å². The van der Waals surface area contributed by atoms with E-state index in [2.05, 4.69) is 0 Å². The molecule has 0 amide bonds. The number of ether oxygens (including phenoxy) is 1. The molecule has 1 heterocycles. The van der Waals surface area contributed by atoms with Gasteiger partial charge in [-0.25, -0.2) is 9.59 Å². The highest BCUT2D eigenvalue weighted by molar-refractivity contribution is 5.91. The molecular formula is C18H11F3O4. The molecule has 0 aliphatic rings. The largest absolute Gasteiger partial charge is 0.423 e. The summed E-state index contributed by atoms with van der Waals surface area (Å²) in [7, 11) is 0. The maximum Gasteiger partial charge on any atom is 0.417 e. The second-order valence-corrected chi connectivity index (χ2v) is 5.39. The molecule has 0 saturated heterocycles. The molecule has 0 atom stereocenters. The highest BCUT2D eigenvalue weighted by atomic mass is 19.4. The third-order valence-corrected chi connectivity index (χ3v) is 3.52. The van der Waals surface area contributed by atoms with Crippen molar-refractivity contribution in [3.63, 3.8) is 0 Å². The van der Waals surface area contributed by atoms with Gasteiger partial charge in [0.2, 0.25) is 0 Å². The number of hydrogen-bond donors (Lipinski definition) is 0. The normalized spacial score (nSPS) is 11.5. The van der Waals surface area contributed by atoms with E-state index >= 15 is 0 Å². The van der Waals surface area contributed by atoms with Crippen molar-refractivity contribution in [1.29, 1.82) is 0 Å². The van der Waals surface area contributed by atoms with Gasteiger partial charge in [-0.05, 0) is 31.2 Å². The van der Waals surface area contributed by atoms with Crippen LogP contribution in [0.3, 0.4) is 0 Å². The van der Waals surface area contributed by atoms with E-state index in [9.17, 15) is 22.8 Å². The Balaban J connectivity index is 1.97. The second-order valence-electron chi connectivity index (χ2n) is 5.39. The molecule has 0 fully saturated rings. The van der Waals surface area contributed by atoms with Crippen LogP contribution in [-0.4, -0.2) is 5.97 Å². The third-order valence-electron chi connectivity index (χ3n) is 3.52. The van der Waals surface area contributed by atoms with Crippen molar-refractivity contribution in [3.8, 4) is 5.75 Å². The van der Waals surface area contributed by atoms with Gasteiger partial charge in [0.15, 0.2) is 0 Å². The van der Waals surface area contributed by atoms with Crippen LogP contribution in [0.15, 0.2) is 57.7 Å². The Kier molecular flexibility index (Phi) is 4.08. The SMILES string of the molecule is Cc1ccc(C(=O)Oc2ccc3c(C(F)(F)F)cc(=O)oc3c2)cc1. The van der Waals surface area contributed by atoms with E-state index in [1.807, 2.05) is 6.92 Å². The van der Waals surface area contributed by atoms with Crippen LogP contribution >= 0.6 is 0 Å². The molecule has 1 aromatic heterocycles. The number of rotatable bonds is 2. The van der Waals surface area contributed by atoms with E-state index in [-0.39, 0.29) is 22.3 Å². The lowest BCUT2D eigenvalue weighted by molar-refractivity contribution is -0.136. The lowest BCUT2D eigenvalue weighted by Gasteiger charge is -2.10. The fourth-order valence-electron chi connectivity index (χ4n) is 2.30. The number of fused-ring (bicyclic) bond motifs is 1. The molecule has 3 aromatic rings. The van der Waals surface area contributed by atoms with Gasteiger partial charge in [0.05, 0.1) is 11.1 Å². The fraction of sp³-hybridized carbons (Fsp3) is 0.111. The number of benzene rings is 2. The summed E-state index contributed by atoms with van der Waals surface area (Å²) in [5.41, 5.74) is -1.30. The maximum atomic E-state index is 13.0. The Morgan fingerprint density at radius 1 is 1.04 bits per heavy atom. The Morgan fingerprint density at radius 3 is 2.36 bits per heavy atom. The van der Waals surface area contributed by atoms with Gasteiger partial charge in [0.1, 0.15) is 11.3 Å². The van der Waals surface area contributed by atoms with Crippen molar-refractivity contribution in [3.05, 3.63) is 75.6 Å². The van der Waals surface area contributed by atoms with Gasteiger partial charge in [-0.1, -0.05) is 17.7 Å². The second kappa shape index (κ2) is 6.08. The summed E-state index contributed by atoms with van der Waals surface area (Å²) in [6.45, 7) is 1.86. The summed E-state index contributed by atoms with van der Waals surface area (Å²) in [5, 5.41) is -0.290. The van der Waals surface area contributed by atoms with Gasteiger partial charge in [-0.2, -0.15) is 13.2 Å². The summed E-state index contributed by atoms with van der Waals surface area (Å²) in [6, 6.07) is 10.4. The first kappa shape index (κ1) is 16.8. The van der Waals surface area contributed by atoms with E-state index < -0.39 is 23.3 Å². The summed E-state index contributed by atoms with van der Waals surface area (Å²) < 4.78 is 48.9. The highest BCUT2D eigenvalue weighted by Crippen LogP contribution is 2.34. The van der Waals surface area contributed by atoms with Crippen LogP contribution in [0.25, 0.3) is 11.0 Å². The first-order valence-electron chi connectivity index (χ1n) is 7.18. The molecule has 128 valence electrons. The number of carbonyl (C=O) groups excluding carboxylic acids is 1. The Hall–Kier alpha value is -3.09.